The van der Waals surface area contributed by atoms with Crippen molar-refractivity contribution in [1.82, 2.24) is 4.98 Å². The van der Waals surface area contributed by atoms with Crippen molar-refractivity contribution in [2.75, 3.05) is 7.05 Å². The van der Waals surface area contributed by atoms with Gasteiger partial charge in [0.15, 0.2) is 0 Å². The van der Waals surface area contributed by atoms with E-state index in [4.69, 9.17) is 9.72 Å². The van der Waals surface area contributed by atoms with Crippen LogP contribution in [-0.4, -0.2) is 28.8 Å². The minimum atomic E-state index is -0.856. The lowest BCUT2D eigenvalue weighted by Gasteiger charge is -2.16. The molecular weight excluding hydrogens is 420 g/mol. The van der Waals surface area contributed by atoms with Gasteiger partial charge >= 0.3 is 5.97 Å². The van der Waals surface area contributed by atoms with E-state index in [1.807, 2.05) is 50.3 Å². The Bertz CT molecular complexity index is 1110. The number of aliphatic carboxylic acids is 1. The van der Waals surface area contributed by atoms with Gasteiger partial charge in [-0.05, 0) is 44.5 Å². The molecule has 0 aliphatic carbocycles. The van der Waals surface area contributed by atoms with Gasteiger partial charge in [0.05, 0.1) is 17.0 Å². The number of aryl methyl sites for hydroxylation is 2. The molecule has 0 radical (unpaired) electrons. The average molecular weight is 449 g/mol. The van der Waals surface area contributed by atoms with E-state index < -0.39 is 5.97 Å². The van der Waals surface area contributed by atoms with Gasteiger partial charge in [0.25, 0.3) is 0 Å². The van der Waals surface area contributed by atoms with Crippen LogP contribution in [0.25, 0.3) is 10.6 Å². The van der Waals surface area contributed by atoms with E-state index >= 15 is 0 Å². The number of carbonyl (C=O) groups is 1. The number of aliphatic imine (C=N–C) groups is 1. The third-order valence-electron chi connectivity index (χ3n) is 5.17. The third-order valence-corrected chi connectivity index (χ3v) is 6.35. The van der Waals surface area contributed by atoms with Crippen LogP contribution in [0.5, 0.6) is 5.75 Å². The van der Waals surface area contributed by atoms with E-state index in [9.17, 15) is 9.90 Å². The number of rotatable bonds is 9. The molecule has 5 nitrogen and oxygen atoms in total. The Morgan fingerprint density at radius 2 is 1.84 bits per heavy atom. The predicted octanol–water partition coefficient (Wildman–Crippen LogP) is 6.21. The van der Waals surface area contributed by atoms with Gasteiger partial charge < -0.3 is 9.84 Å². The highest BCUT2D eigenvalue weighted by Crippen LogP contribution is 2.30. The molecule has 0 amide bonds. The zero-order valence-corrected chi connectivity index (χ0v) is 19.6. The first-order valence-electron chi connectivity index (χ1n) is 10.5. The molecule has 0 aliphatic rings. The summed E-state index contributed by atoms with van der Waals surface area (Å²) in [5.41, 5.74) is 4.95. The zero-order valence-electron chi connectivity index (χ0n) is 18.8. The van der Waals surface area contributed by atoms with E-state index in [2.05, 4.69) is 36.2 Å². The molecule has 3 aromatic rings. The minimum absolute atomic E-state index is 0.0148. The minimum Gasteiger partial charge on any atom is -0.488 e. The monoisotopic (exact) mass is 448 g/mol. The van der Waals surface area contributed by atoms with Gasteiger partial charge in [0, 0.05) is 24.2 Å². The van der Waals surface area contributed by atoms with Crippen LogP contribution in [0.2, 0.25) is 0 Å². The highest BCUT2D eigenvalue weighted by Gasteiger charge is 2.20. The molecule has 0 saturated carbocycles. The van der Waals surface area contributed by atoms with Crippen LogP contribution >= 0.6 is 11.3 Å². The molecule has 1 atom stereocenters. The SMILES string of the molecule is C/C=C\C(=NC)C(CC(=O)O)c1ccc(OCc2sc(-c3ccc(C)cc3)nc2C)cc1. The number of carboxylic acid groups (broad SMARTS) is 1. The summed E-state index contributed by atoms with van der Waals surface area (Å²) >= 11 is 1.64. The lowest BCUT2D eigenvalue weighted by molar-refractivity contribution is -0.137. The smallest absolute Gasteiger partial charge is 0.304 e. The topological polar surface area (TPSA) is 71.8 Å². The van der Waals surface area contributed by atoms with E-state index in [0.29, 0.717) is 6.61 Å². The Hall–Kier alpha value is -3.25. The fourth-order valence-electron chi connectivity index (χ4n) is 3.41. The molecule has 1 unspecified atom stereocenters. The second-order valence-corrected chi connectivity index (χ2v) is 8.63. The van der Waals surface area contributed by atoms with Crippen molar-refractivity contribution in [3.05, 3.63) is 82.4 Å². The molecule has 0 bridgehead atoms. The number of allylic oxidation sites excluding steroid dienone is 2. The molecule has 1 aromatic heterocycles. The lowest BCUT2D eigenvalue weighted by Crippen LogP contribution is -2.15. The Labute approximate surface area is 193 Å². The van der Waals surface area contributed by atoms with Crippen LogP contribution in [-0.2, 0) is 11.4 Å². The van der Waals surface area contributed by atoms with Crippen LogP contribution in [0.15, 0.2) is 65.7 Å². The fourth-order valence-corrected chi connectivity index (χ4v) is 4.39. The number of aromatic nitrogens is 1. The standard InChI is InChI=1S/C26H28N2O3S/c1-5-6-23(27-4)22(15-25(29)30)19-11-13-21(14-12-19)31-16-24-18(3)28-26(32-24)20-9-7-17(2)8-10-20/h5-14,22H,15-16H2,1-4H3,(H,29,30)/b6-5-,27-23?. The quantitative estimate of drug-likeness (QED) is 0.395. The van der Waals surface area contributed by atoms with Gasteiger partial charge in [0.1, 0.15) is 17.4 Å². The molecule has 0 spiro atoms. The summed E-state index contributed by atoms with van der Waals surface area (Å²) in [5, 5.41) is 10.3. The van der Waals surface area contributed by atoms with Crippen LogP contribution in [0.1, 0.15) is 41.0 Å². The van der Waals surface area contributed by atoms with E-state index in [-0.39, 0.29) is 12.3 Å². The Morgan fingerprint density at radius 1 is 1.16 bits per heavy atom. The number of benzene rings is 2. The lowest BCUT2D eigenvalue weighted by atomic mass is 9.90. The average Bonchev–Trinajstić information content (AvgIpc) is 3.16. The maximum atomic E-state index is 11.4. The Balaban J connectivity index is 1.72. The fraction of sp³-hybridized carbons (Fsp3) is 0.269. The van der Waals surface area contributed by atoms with Crippen molar-refractivity contribution < 1.29 is 14.6 Å². The highest BCUT2D eigenvalue weighted by molar-refractivity contribution is 7.15. The number of carboxylic acids is 1. The maximum absolute atomic E-state index is 11.4. The van der Waals surface area contributed by atoms with Crippen molar-refractivity contribution in [1.29, 1.82) is 0 Å². The molecule has 2 aromatic carbocycles. The van der Waals surface area contributed by atoms with Crippen LogP contribution in [0.3, 0.4) is 0 Å². The molecule has 32 heavy (non-hydrogen) atoms. The number of hydrogen-bond donors (Lipinski definition) is 1. The van der Waals surface area contributed by atoms with Crippen molar-refractivity contribution in [3.63, 3.8) is 0 Å². The first-order valence-corrected chi connectivity index (χ1v) is 11.3. The number of hydrogen-bond acceptors (Lipinski definition) is 5. The van der Waals surface area contributed by atoms with Gasteiger partial charge in [-0.15, -0.1) is 11.3 Å². The summed E-state index contributed by atoms with van der Waals surface area (Å²) in [6, 6.07) is 15.9. The van der Waals surface area contributed by atoms with Gasteiger partial charge in [-0.2, -0.15) is 0 Å². The number of thiazole rings is 1. The van der Waals surface area contributed by atoms with Crippen molar-refractivity contribution in [3.8, 4) is 16.3 Å². The van der Waals surface area contributed by atoms with Gasteiger partial charge in [0.2, 0.25) is 0 Å². The summed E-state index contributed by atoms with van der Waals surface area (Å²) in [6.07, 6.45) is 3.71. The Kier molecular flexibility index (Phi) is 7.95. The highest BCUT2D eigenvalue weighted by atomic mass is 32.1. The van der Waals surface area contributed by atoms with E-state index in [0.717, 1.165) is 38.2 Å². The van der Waals surface area contributed by atoms with Crippen molar-refractivity contribution >= 4 is 23.0 Å². The molecule has 166 valence electrons. The van der Waals surface area contributed by atoms with E-state index in [1.54, 1.807) is 18.4 Å². The molecule has 0 saturated heterocycles. The summed E-state index contributed by atoms with van der Waals surface area (Å²) in [6.45, 7) is 6.40. The van der Waals surface area contributed by atoms with Gasteiger partial charge in [-0.3, -0.25) is 9.79 Å². The van der Waals surface area contributed by atoms with Crippen LogP contribution in [0.4, 0.5) is 0 Å². The summed E-state index contributed by atoms with van der Waals surface area (Å²) in [7, 11) is 1.68. The first kappa shape index (κ1) is 23.4. The van der Waals surface area contributed by atoms with Gasteiger partial charge in [-0.25, -0.2) is 4.98 Å². The molecule has 0 fully saturated rings. The van der Waals surface area contributed by atoms with Gasteiger partial charge in [-0.1, -0.05) is 48.0 Å². The summed E-state index contributed by atoms with van der Waals surface area (Å²) in [5.74, 6) is -0.428. The molecule has 1 N–H and O–H groups in total. The second kappa shape index (κ2) is 10.9. The second-order valence-electron chi connectivity index (χ2n) is 7.55. The largest absolute Gasteiger partial charge is 0.488 e. The van der Waals surface area contributed by atoms with E-state index in [1.165, 1.54) is 5.56 Å². The molecule has 6 heteroatoms. The Morgan fingerprint density at radius 3 is 2.44 bits per heavy atom. The maximum Gasteiger partial charge on any atom is 0.304 e. The molecular formula is C26H28N2O3S. The summed E-state index contributed by atoms with van der Waals surface area (Å²) in [4.78, 5) is 21.4. The molecule has 3 rings (SSSR count). The third kappa shape index (κ3) is 5.92. The normalized spacial score (nSPS) is 12.8. The predicted molar refractivity (Wildman–Crippen MR) is 131 cm³/mol. The van der Waals surface area contributed by atoms with Crippen molar-refractivity contribution in [2.24, 2.45) is 4.99 Å². The van der Waals surface area contributed by atoms with Crippen LogP contribution in [0, 0.1) is 13.8 Å². The number of nitrogens with zero attached hydrogens (tertiary/aromatic N) is 2. The van der Waals surface area contributed by atoms with Crippen LogP contribution < -0.4 is 4.74 Å². The zero-order chi connectivity index (χ0) is 23.1. The first-order chi connectivity index (χ1) is 15.4. The van der Waals surface area contributed by atoms with Crippen molar-refractivity contribution in [2.45, 2.75) is 39.7 Å². The number of ether oxygens (including phenoxy) is 1. The molecule has 1 heterocycles. The summed E-state index contributed by atoms with van der Waals surface area (Å²) < 4.78 is 6.00. The molecule has 0 aliphatic heterocycles.